The van der Waals surface area contributed by atoms with Gasteiger partial charge in [0.25, 0.3) is 0 Å². The van der Waals surface area contributed by atoms with E-state index in [1.807, 2.05) is 17.5 Å². The number of ether oxygens (including phenoxy) is 1. The average Bonchev–Trinajstić information content (AvgIpc) is 2.72. The van der Waals surface area contributed by atoms with Gasteiger partial charge < -0.3 is 4.74 Å². The molecule has 0 aliphatic carbocycles. The zero-order chi connectivity index (χ0) is 9.80. The standard InChI is InChI=1S/C11H14O2S/c12-11(7-10-4-2-6-14-10)9-3-1-5-13-8-9/h2,4,6,9H,1,3,5,7-8H2. The predicted octanol–water partition coefficient (Wildman–Crippen LogP) is 2.29. The molecule has 2 heterocycles. The highest BCUT2D eigenvalue weighted by Gasteiger charge is 2.21. The number of thiophene rings is 1. The van der Waals surface area contributed by atoms with Crippen molar-refractivity contribution in [1.29, 1.82) is 0 Å². The van der Waals surface area contributed by atoms with Crippen LogP contribution >= 0.6 is 11.3 Å². The second-order valence-electron chi connectivity index (χ2n) is 3.64. The zero-order valence-electron chi connectivity index (χ0n) is 8.07. The lowest BCUT2D eigenvalue weighted by molar-refractivity contribution is -0.126. The first-order valence-corrected chi connectivity index (χ1v) is 5.87. The summed E-state index contributed by atoms with van der Waals surface area (Å²) in [4.78, 5) is 13.0. The Balaban J connectivity index is 1.88. The number of hydrogen-bond donors (Lipinski definition) is 0. The number of hydrogen-bond acceptors (Lipinski definition) is 3. The smallest absolute Gasteiger partial charge is 0.143 e. The summed E-state index contributed by atoms with van der Waals surface area (Å²) in [6.45, 7) is 1.45. The van der Waals surface area contributed by atoms with Gasteiger partial charge in [0.2, 0.25) is 0 Å². The molecule has 1 aliphatic heterocycles. The van der Waals surface area contributed by atoms with E-state index in [0.29, 0.717) is 18.8 Å². The first-order valence-electron chi connectivity index (χ1n) is 4.99. The van der Waals surface area contributed by atoms with E-state index in [4.69, 9.17) is 4.74 Å². The van der Waals surface area contributed by atoms with Crippen molar-refractivity contribution in [1.82, 2.24) is 0 Å². The molecule has 1 aromatic rings. The van der Waals surface area contributed by atoms with Crippen molar-refractivity contribution in [3.05, 3.63) is 22.4 Å². The molecular formula is C11H14O2S. The molecule has 1 fully saturated rings. The maximum Gasteiger partial charge on any atom is 0.143 e. The van der Waals surface area contributed by atoms with Crippen molar-refractivity contribution in [3.63, 3.8) is 0 Å². The Bertz CT molecular complexity index is 286. The maximum atomic E-state index is 11.8. The summed E-state index contributed by atoms with van der Waals surface area (Å²) < 4.78 is 5.30. The summed E-state index contributed by atoms with van der Waals surface area (Å²) in [5, 5.41) is 2.01. The Morgan fingerprint density at radius 1 is 1.64 bits per heavy atom. The molecule has 0 spiro atoms. The molecule has 1 saturated heterocycles. The number of rotatable bonds is 3. The van der Waals surface area contributed by atoms with Crippen LogP contribution in [0.1, 0.15) is 17.7 Å². The third kappa shape index (κ3) is 2.42. The third-order valence-corrected chi connectivity index (χ3v) is 3.42. The Morgan fingerprint density at radius 3 is 3.21 bits per heavy atom. The number of carbonyl (C=O) groups excluding carboxylic acids is 1. The molecule has 0 amide bonds. The Kier molecular flexibility index (Phi) is 3.32. The minimum absolute atomic E-state index is 0.144. The number of carbonyl (C=O) groups is 1. The molecule has 14 heavy (non-hydrogen) atoms. The molecule has 76 valence electrons. The fraction of sp³-hybridized carbons (Fsp3) is 0.545. The molecule has 2 rings (SSSR count). The van der Waals surface area contributed by atoms with Crippen LogP contribution in [0.4, 0.5) is 0 Å². The summed E-state index contributed by atoms with van der Waals surface area (Å²) in [6.07, 6.45) is 2.62. The van der Waals surface area contributed by atoms with Crippen molar-refractivity contribution in [3.8, 4) is 0 Å². The van der Waals surface area contributed by atoms with Crippen LogP contribution in [0, 0.1) is 5.92 Å². The lowest BCUT2D eigenvalue weighted by Crippen LogP contribution is -2.26. The zero-order valence-corrected chi connectivity index (χ0v) is 8.89. The Hall–Kier alpha value is -0.670. The third-order valence-electron chi connectivity index (χ3n) is 2.54. The predicted molar refractivity (Wildman–Crippen MR) is 56.6 cm³/mol. The molecule has 1 unspecified atom stereocenters. The van der Waals surface area contributed by atoms with E-state index in [9.17, 15) is 4.79 Å². The van der Waals surface area contributed by atoms with Gasteiger partial charge in [-0.25, -0.2) is 0 Å². The van der Waals surface area contributed by atoms with Gasteiger partial charge in [-0.2, -0.15) is 0 Å². The largest absolute Gasteiger partial charge is 0.381 e. The fourth-order valence-electron chi connectivity index (χ4n) is 1.72. The van der Waals surface area contributed by atoms with Crippen LogP contribution in [0.25, 0.3) is 0 Å². The lowest BCUT2D eigenvalue weighted by Gasteiger charge is -2.20. The molecule has 1 aliphatic rings. The average molecular weight is 210 g/mol. The quantitative estimate of drug-likeness (QED) is 0.765. The van der Waals surface area contributed by atoms with Crippen molar-refractivity contribution < 1.29 is 9.53 Å². The molecule has 3 heteroatoms. The van der Waals surface area contributed by atoms with E-state index in [0.717, 1.165) is 19.4 Å². The molecule has 2 nitrogen and oxygen atoms in total. The van der Waals surface area contributed by atoms with Gasteiger partial charge in [0.05, 0.1) is 6.61 Å². The van der Waals surface area contributed by atoms with E-state index in [1.54, 1.807) is 11.3 Å². The van der Waals surface area contributed by atoms with E-state index >= 15 is 0 Å². The fourth-order valence-corrected chi connectivity index (χ4v) is 2.44. The van der Waals surface area contributed by atoms with Gasteiger partial charge in [0, 0.05) is 23.8 Å². The highest BCUT2D eigenvalue weighted by molar-refractivity contribution is 7.10. The molecule has 0 radical (unpaired) electrons. The SMILES string of the molecule is O=C(Cc1cccs1)C1CCCOC1. The summed E-state index contributed by atoms with van der Waals surface area (Å²) in [7, 11) is 0. The second kappa shape index (κ2) is 4.71. The highest BCUT2D eigenvalue weighted by atomic mass is 32.1. The van der Waals surface area contributed by atoms with E-state index in [-0.39, 0.29) is 5.92 Å². The molecule has 0 saturated carbocycles. The summed E-state index contributed by atoms with van der Waals surface area (Å²) in [5.41, 5.74) is 0. The molecule has 0 aromatic carbocycles. The monoisotopic (exact) mass is 210 g/mol. The van der Waals surface area contributed by atoms with Crippen molar-refractivity contribution in [2.75, 3.05) is 13.2 Å². The van der Waals surface area contributed by atoms with Crippen molar-refractivity contribution in [2.45, 2.75) is 19.3 Å². The number of ketones is 1. The van der Waals surface area contributed by atoms with Crippen LogP contribution in [0.5, 0.6) is 0 Å². The van der Waals surface area contributed by atoms with Crippen LogP contribution in [0.15, 0.2) is 17.5 Å². The van der Waals surface area contributed by atoms with Gasteiger partial charge in [-0.1, -0.05) is 6.07 Å². The van der Waals surface area contributed by atoms with Gasteiger partial charge >= 0.3 is 0 Å². The van der Waals surface area contributed by atoms with Gasteiger partial charge in [0.1, 0.15) is 5.78 Å². The van der Waals surface area contributed by atoms with Crippen molar-refractivity contribution >= 4 is 17.1 Å². The van der Waals surface area contributed by atoms with Crippen LogP contribution in [0.3, 0.4) is 0 Å². The van der Waals surface area contributed by atoms with Gasteiger partial charge in [0.15, 0.2) is 0 Å². The van der Waals surface area contributed by atoms with Crippen LogP contribution < -0.4 is 0 Å². The van der Waals surface area contributed by atoms with Crippen LogP contribution in [-0.4, -0.2) is 19.0 Å². The minimum Gasteiger partial charge on any atom is -0.381 e. The minimum atomic E-state index is 0.144. The highest BCUT2D eigenvalue weighted by Crippen LogP contribution is 2.18. The molecular weight excluding hydrogens is 196 g/mol. The van der Waals surface area contributed by atoms with E-state index in [1.165, 1.54) is 4.88 Å². The van der Waals surface area contributed by atoms with Crippen molar-refractivity contribution in [2.24, 2.45) is 5.92 Å². The first-order chi connectivity index (χ1) is 6.86. The van der Waals surface area contributed by atoms with Gasteiger partial charge in [-0.15, -0.1) is 11.3 Å². The topological polar surface area (TPSA) is 26.3 Å². The Labute approximate surface area is 87.9 Å². The molecule has 0 bridgehead atoms. The summed E-state index contributed by atoms with van der Waals surface area (Å²) in [6, 6.07) is 4.01. The molecule has 1 atom stereocenters. The summed E-state index contributed by atoms with van der Waals surface area (Å²) >= 11 is 1.65. The molecule has 1 aromatic heterocycles. The van der Waals surface area contributed by atoms with Gasteiger partial charge in [-0.3, -0.25) is 4.79 Å². The second-order valence-corrected chi connectivity index (χ2v) is 4.67. The van der Waals surface area contributed by atoms with Crippen LogP contribution in [-0.2, 0) is 16.0 Å². The Morgan fingerprint density at radius 2 is 2.57 bits per heavy atom. The lowest BCUT2D eigenvalue weighted by atomic mass is 9.95. The number of Topliss-reactive ketones (excluding diaryl/α,β-unsaturated/α-hetero) is 1. The maximum absolute atomic E-state index is 11.8. The first kappa shape index (κ1) is 9.87. The van der Waals surface area contributed by atoms with Crippen LogP contribution in [0.2, 0.25) is 0 Å². The van der Waals surface area contributed by atoms with Gasteiger partial charge in [-0.05, 0) is 24.3 Å². The summed E-state index contributed by atoms with van der Waals surface area (Å²) in [5.74, 6) is 0.484. The van der Waals surface area contributed by atoms with E-state index in [2.05, 4.69) is 0 Å². The molecule has 0 N–H and O–H groups in total. The normalized spacial score (nSPS) is 22.1. The van der Waals surface area contributed by atoms with E-state index < -0.39 is 0 Å².